The molecule has 2 atom stereocenters. The van der Waals surface area contributed by atoms with Crippen LogP contribution in [0.15, 0.2) is 58.5 Å². The van der Waals surface area contributed by atoms with Gasteiger partial charge in [-0.3, -0.25) is 14.5 Å². The zero-order valence-corrected chi connectivity index (χ0v) is 18.4. The Labute approximate surface area is 184 Å². The Morgan fingerprint density at radius 3 is 2.50 bits per heavy atom. The Balaban J connectivity index is 1.61. The van der Waals surface area contributed by atoms with E-state index in [9.17, 15) is 9.59 Å². The molecule has 1 N–H and O–H groups in total. The molecule has 8 heteroatoms. The van der Waals surface area contributed by atoms with E-state index in [1.165, 1.54) is 11.8 Å². The molecule has 2 aliphatic rings. The number of anilines is 1. The van der Waals surface area contributed by atoms with Crippen molar-refractivity contribution >= 4 is 57.6 Å². The molecule has 0 saturated heterocycles. The van der Waals surface area contributed by atoms with E-state index in [-0.39, 0.29) is 17.7 Å². The number of hydrogen-bond donors (Lipinski definition) is 1. The van der Waals surface area contributed by atoms with Crippen LogP contribution in [0.4, 0.5) is 11.4 Å². The van der Waals surface area contributed by atoms with Crippen LogP contribution in [0.5, 0.6) is 0 Å². The molecular formula is C22H21ClN4O2S. The SMILES string of the molecule is CC(SC1=Nc2ccccc2C2=NC(=O)C(C(C)C)N12)C(=O)Nc1ccc(Cl)cc1. The van der Waals surface area contributed by atoms with E-state index in [1.807, 2.05) is 49.9 Å². The lowest BCUT2D eigenvalue weighted by atomic mass is 10.0. The molecular weight excluding hydrogens is 420 g/mol. The lowest BCUT2D eigenvalue weighted by Gasteiger charge is -2.33. The zero-order valence-electron chi connectivity index (χ0n) is 16.8. The molecule has 2 aromatic rings. The second-order valence-electron chi connectivity index (χ2n) is 7.50. The maximum atomic E-state index is 12.8. The van der Waals surface area contributed by atoms with Crippen LogP contribution in [0.3, 0.4) is 0 Å². The Kier molecular flexibility index (Phi) is 5.66. The van der Waals surface area contributed by atoms with Crippen molar-refractivity contribution < 1.29 is 9.59 Å². The summed E-state index contributed by atoms with van der Waals surface area (Å²) in [6.07, 6.45) is 0. The molecule has 0 radical (unpaired) electrons. The fraction of sp³-hybridized carbons (Fsp3) is 0.273. The number of para-hydroxylation sites is 1. The molecule has 2 aliphatic heterocycles. The van der Waals surface area contributed by atoms with Crippen LogP contribution in [0.25, 0.3) is 0 Å². The quantitative estimate of drug-likeness (QED) is 0.746. The summed E-state index contributed by atoms with van der Waals surface area (Å²) in [5.41, 5.74) is 2.25. The van der Waals surface area contributed by atoms with Crippen LogP contribution >= 0.6 is 23.4 Å². The first-order valence-corrected chi connectivity index (χ1v) is 10.9. The number of thioether (sulfide) groups is 1. The van der Waals surface area contributed by atoms with Crippen molar-refractivity contribution in [2.24, 2.45) is 15.9 Å². The van der Waals surface area contributed by atoms with Gasteiger partial charge in [-0.15, -0.1) is 0 Å². The zero-order chi connectivity index (χ0) is 21.4. The highest BCUT2D eigenvalue weighted by Gasteiger charge is 2.43. The first-order chi connectivity index (χ1) is 14.3. The second kappa shape index (κ2) is 8.24. The number of carbonyl (C=O) groups excluding carboxylic acids is 2. The number of hydrogen-bond acceptors (Lipinski definition) is 5. The van der Waals surface area contributed by atoms with Gasteiger partial charge >= 0.3 is 0 Å². The van der Waals surface area contributed by atoms with E-state index in [0.717, 1.165) is 11.3 Å². The molecule has 0 spiro atoms. The standard InChI is InChI=1S/C22H21ClN4O2S/c1-12(2)18-21(29)26-19-16-6-4-5-7-17(16)25-22(27(18)19)30-13(3)20(28)24-15-10-8-14(23)9-11-15/h4-13,18H,1-3H3,(H,24,28). The van der Waals surface area contributed by atoms with Gasteiger partial charge in [0.15, 0.2) is 5.17 Å². The highest BCUT2D eigenvalue weighted by atomic mass is 35.5. The van der Waals surface area contributed by atoms with Crippen LogP contribution in [-0.2, 0) is 9.59 Å². The van der Waals surface area contributed by atoms with Crippen molar-refractivity contribution in [3.63, 3.8) is 0 Å². The minimum Gasteiger partial charge on any atom is -0.325 e. The van der Waals surface area contributed by atoms with E-state index in [4.69, 9.17) is 16.6 Å². The highest BCUT2D eigenvalue weighted by Crippen LogP contribution is 2.37. The minimum absolute atomic E-state index is 0.0491. The molecule has 0 aliphatic carbocycles. The van der Waals surface area contributed by atoms with Crippen LogP contribution in [0.1, 0.15) is 26.3 Å². The fourth-order valence-corrected chi connectivity index (χ4v) is 4.51. The minimum atomic E-state index is -0.436. The molecule has 30 heavy (non-hydrogen) atoms. The summed E-state index contributed by atoms with van der Waals surface area (Å²) < 4.78 is 0. The number of aliphatic imine (C=N–C) groups is 2. The number of nitrogens with zero attached hydrogens (tertiary/aromatic N) is 3. The summed E-state index contributed by atoms with van der Waals surface area (Å²) >= 11 is 7.23. The Morgan fingerprint density at radius 1 is 1.10 bits per heavy atom. The predicted octanol–water partition coefficient (Wildman–Crippen LogP) is 4.71. The maximum absolute atomic E-state index is 12.8. The number of fused-ring (bicyclic) bond motifs is 3. The first kappa shape index (κ1) is 20.6. The number of nitrogens with one attached hydrogen (secondary N) is 1. The molecule has 0 saturated carbocycles. The number of rotatable bonds is 4. The third-order valence-corrected chi connectivity index (χ3v) is 6.26. The summed E-state index contributed by atoms with van der Waals surface area (Å²) in [5.74, 6) is 0.322. The number of amides is 2. The number of halogens is 1. The van der Waals surface area contributed by atoms with Gasteiger partial charge in [0, 0.05) is 16.3 Å². The Morgan fingerprint density at radius 2 is 1.80 bits per heavy atom. The van der Waals surface area contributed by atoms with Crippen molar-refractivity contribution in [2.75, 3.05) is 5.32 Å². The average Bonchev–Trinajstić information content (AvgIpc) is 3.07. The van der Waals surface area contributed by atoms with Crippen molar-refractivity contribution in [1.29, 1.82) is 0 Å². The van der Waals surface area contributed by atoms with Crippen molar-refractivity contribution in [3.8, 4) is 0 Å². The second-order valence-corrected chi connectivity index (χ2v) is 9.24. The lowest BCUT2D eigenvalue weighted by Crippen LogP contribution is -2.47. The molecule has 0 bridgehead atoms. The van der Waals surface area contributed by atoms with Crippen LogP contribution in [0.2, 0.25) is 5.02 Å². The topological polar surface area (TPSA) is 74.1 Å². The van der Waals surface area contributed by atoms with Crippen LogP contribution in [0, 0.1) is 5.92 Å². The molecule has 2 amide bonds. The molecule has 4 rings (SSSR count). The fourth-order valence-electron chi connectivity index (χ4n) is 3.44. The summed E-state index contributed by atoms with van der Waals surface area (Å²) in [5, 5.41) is 3.67. The smallest absolute Gasteiger partial charge is 0.271 e. The van der Waals surface area contributed by atoms with Gasteiger partial charge in [-0.05, 0) is 49.2 Å². The molecule has 154 valence electrons. The van der Waals surface area contributed by atoms with Gasteiger partial charge in [0.25, 0.3) is 5.91 Å². The summed E-state index contributed by atoms with van der Waals surface area (Å²) in [4.78, 5) is 36.4. The van der Waals surface area contributed by atoms with E-state index < -0.39 is 11.3 Å². The van der Waals surface area contributed by atoms with E-state index in [2.05, 4.69) is 10.3 Å². The predicted molar refractivity (Wildman–Crippen MR) is 123 cm³/mol. The first-order valence-electron chi connectivity index (χ1n) is 9.68. The van der Waals surface area contributed by atoms with Crippen molar-refractivity contribution in [3.05, 3.63) is 59.1 Å². The highest BCUT2D eigenvalue weighted by molar-refractivity contribution is 8.14. The van der Waals surface area contributed by atoms with Gasteiger partial charge in [0.05, 0.1) is 10.9 Å². The summed E-state index contributed by atoms with van der Waals surface area (Å²) in [6.45, 7) is 5.79. The third-order valence-electron chi connectivity index (χ3n) is 4.94. The van der Waals surface area contributed by atoms with Crippen LogP contribution in [-0.4, -0.2) is 39.0 Å². The van der Waals surface area contributed by atoms with Gasteiger partial charge in [-0.1, -0.05) is 49.3 Å². The van der Waals surface area contributed by atoms with Gasteiger partial charge in [-0.25, -0.2) is 4.99 Å². The molecule has 2 heterocycles. The number of carbonyl (C=O) groups is 2. The molecule has 0 aromatic heterocycles. The van der Waals surface area contributed by atoms with E-state index in [0.29, 0.717) is 21.7 Å². The van der Waals surface area contributed by atoms with Crippen molar-refractivity contribution in [1.82, 2.24) is 4.90 Å². The van der Waals surface area contributed by atoms with Gasteiger partial charge in [-0.2, -0.15) is 4.99 Å². The molecule has 6 nitrogen and oxygen atoms in total. The monoisotopic (exact) mass is 440 g/mol. The van der Waals surface area contributed by atoms with Crippen LogP contribution < -0.4 is 5.32 Å². The van der Waals surface area contributed by atoms with Gasteiger partial charge in [0.2, 0.25) is 5.91 Å². The number of amidine groups is 2. The molecule has 2 aromatic carbocycles. The summed E-state index contributed by atoms with van der Waals surface area (Å²) in [7, 11) is 0. The van der Waals surface area contributed by atoms with E-state index in [1.54, 1.807) is 24.3 Å². The largest absolute Gasteiger partial charge is 0.325 e. The molecule has 2 unspecified atom stereocenters. The Hall–Kier alpha value is -2.64. The van der Waals surface area contributed by atoms with Crippen molar-refractivity contribution in [2.45, 2.75) is 32.1 Å². The molecule has 0 fully saturated rings. The van der Waals surface area contributed by atoms with Gasteiger partial charge < -0.3 is 5.32 Å². The lowest BCUT2D eigenvalue weighted by molar-refractivity contribution is -0.120. The summed E-state index contributed by atoms with van der Waals surface area (Å²) in [6, 6.07) is 14.1. The van der Waals surface area contributed by atoms with E-state index >= 15 is 0 Å². The third kappa shape index (κ3) is 3.87. The number of benzene rings is 2. The average molecular weight is 441 g/mol. The normalized spacial score (nSPS) is 18.5. The maximum Gasteiger partial charge on any atom is 0.271 e. The Bertz CT molecular complexity index is 1070. The van der Waals surface area contributed by atoms with Gasteiger partial charge in [0.1, 0.15) is 11.9 Å².